The van der Waals surface area contributed by atoms with Gasteiger partial charge in [-0.2, -0.15) is 0 Å². The first-order chi connectivity index (χ1) is 10.8. The van der Waals surface area contributed by atoms with Gasteiger partial charge in [-0.05, 0) is 50.7 Å². The molecule has 3 rings (SSSR count). The Bertz CT molecular complexity index is 642. The molecule has 0 amide bonds. The molecule has 0 saturated heterocycles. The van der Waals surface area contributed by atoms with Crippen LogP contribution in [0, 0.1) is 6.92 Å². The molecule has 1 atom stereocenters. The van der Waals surface area contributed by atoms with E-state index < -0.39 is 0 Å². The van der Waals surface area contributed by atoms with Crippen molar-refractivity contribution in [3.05, 3.63) is 59.7 Å². The van der Waals surface area contributed by atoms with E-state index in [1.807, 2.05) is 18.2 Å². The monoisotopic (exact) mass is 310 g/mol. The Morgan fingerprint density at radius 1 is 0.955 bits per heavy atom. The van der Waals surface area contributed by atoms with Crippen molar-refractivity contribution in [1.29, 1.82) is 0 Å². The van der Waals surface area contributed by atoms with Crippen LogP contribution in [-0.2, 0) is 0 Å². The highest BCUT2D eigenvalue weighted by Crippen LogP contribution is 2.38. The molecule has 2 aromatic carbocycles. The van der Waals surface area contributed by atoms with E-state index in [4.69, 9.17) is 0 Å². The fourth-order valence-electron chi connectivity index (χ4n) is 3.33. The van der Waals surface area contributed by atoms with E-state index in [2.05, 4.69) is 37.3 Å². The Balaban J connectivity index is 1.90. The molecule has 0 aliphatic heterocycles. The first-order valence-electron chi connectivity index (χ1n) is 8.21. The van der Waals surface area contributed by atoms with Crippen LogP contribution in [0.3, 0.4) is 0 Å². The lowest BCUT2D eigenvalue weighted by Crippen LogP contribution is -2.10. The van der Waals surface area contributed by atoms with Crippen LogP contribution in [0.5, 0.6) is 0 Å². The second-order valence-corrected chi connectivity index (χ2v) is 7.73. The molecule has 1 fully saturated rings. The fraction of sp³-hybridized carbons (Fsp3) is 0.350. The van der Waals surface area contributed by atoms with Crippen LogP contribution in [0.25, 0.3) is 11.1 Å². The molecule has 1 aliphatic carbocycles. The zero-order valence-electron chi connectivity index (χ0n) is 13.1. The molecule has 0 spiro atoms. The standard InChI is InChI=1S/C20H23OP/c1-15-9-8-14-18(16-10-4-2-5-11-16)19(15)20(21)22-17-12-6-3-7-13-17/h2,4-5,8-11,14,17,22H,3,6-7,12-13H2,1H3. The molecule has 1 nitrogen and oxygen atoms in total. The van der Waals surface area contributed by atoms with Crippen LogP contribution < -0.4 is 0 Å². The minimum atomic E-state index is 0.351. The predicted molar refractivity (Wildman–Crippen MR) is 96.1 cm³/mol. The largest absolute Gasteiger partial charge is 0.289 e. The Labute approximate surface area is 134 Å². The smallest absolute Gasteiger partial charge is 0.182 e. The summed E-state index contributed by atoms with van der Waals surface area (Å²) in [6.45, 7) is 2.06. The van der Waals surface area contributed by atoms with E-state index in [-0.39, 0.29) is 0 Å². The number of benzene rings is 2. The van der Waals surface area contributed by atoms with Crippen LogP contribution >= 0.6 is 8.58 Å². The van der Waals surface area contributed by atoms with Crippen LogP contribution in [-0.4, -0.2) is 11.2 Å². The molecule has 0 bridgehead atoms. The van der Waals surface area contributed by atoms with E-state index in [9.17, 15) is 4.79 Å². The fourth-order valence-corrected chi connectivity index (χ4v) is 4.88. The maximum atomic E-state index is 12.9. The Morgan fingerprint density at radius 3 is 2.41 bits per heavy atom. The molecule has 0 aromatic heterocycles. The highest BCUT2D eigenvalue weighted by Gasteiger charge is 2.21. The maximum Gasteiger partial charge on any atom is 0.182 e. The van der Waals surface area contributed by atoms with Gasteiger partial charge in [0.05, 0.1) is 0 Å². The van der Waals surface area contributed by atoms with E-state index in [0.29, 0.717) is 19.8 Å². The molecule has 22 heavy (non-hydrogen) atoms. The van der Waals surface area contributed by atoms with Crippen LogP contribution in [0.1, 0.15) is 48.0 Å². The summed E-state index contributed by atoms with van der Waals surface area (Å²) >= 11 is 0. The number of carbonyl (C=O) groups is 1. The Hall–Kier alpha value is -1.46. The second kappa shape index (κ2) is 7.20. The minimum Gasteiger partial charge on any atom is -0.289 e. The highest BCUT2D eigenvalue weighted by atomic mass is 31.1. The van der Waals surface area contributed by atoms with Crippen molar-refractivity contribution in [1.82, 2.24) is 0 Å². The van der Waals surface area contributed by atoms with Crippen molar-refractivity contribution in [2.45, 2.75) is 44.7 Å². The molecule has 2 aromatic rings. The van der Waals surface area contributed by atoms with Crippen LogP contribution in [0.15, 0.2) is 48.5 Å². The van der Waals surface area contributed by atoms with E-state index >= 15 is 0 Å². The average Bonchev–Trinajstić information content (AvgIpc) is 2.56. The summed E-state index contributed by atoms with van der Waals surface area (Å²) in [5.74, 6) is 0. The van der Waals surface area contributed by atoms with Gasteiger partial charge in [0.15, 0.2) is 5.52 Å². The van der Waals surface area contributed by atoms with Gasteiger partial charge in [0.2, 0.25) is 0 Å². The van der Waals surface area contributed by atoms with Crippen LogP contribution in [0.4, 0.5) is 0 Å². The summed E-state index contributed by atoms with van der Waals surface area (Å²) in [5.41, 5.74) is 5.25. The Kier molecular flexibility index (Phi) is 5.05. The molecule has 2 heteroatoms. The Morgan fingerprint density at radius 2 is 1.68 bits per heavy atom. The summed E-state index contributed by atoms with van der Waals surface area (Å²) in [4.78, 5) is 12.9. The van der Waals surface area contributed by atoms with E-state index in [1.54, 1.807) is 0 Å². The van der Waals surface area contributed by atoms with Crippen molar-refractivity contribution in [2.75, 3.05) is 0 Å². The summed E-state index contributed by atoms with van der Waals surface area (Å²) in [6.07, 6.45) is 6.40. The van der Waals surface area contributed by atoms with Crippen LogP contribution in [0.2, 0.25) is 0 Å². The first-order valence-corrected chi connectivity index (χ1v) is 9.29. The van der Waals surface area contributed by atoms with Crippen molar-refractivity contribution in [3.8, 4) is 11.1 Å². The molecule has 114 valence electrons. The predicted octanol–water partition coefficient (Wildman–Crippen LogP) is 5.81. The summed E-state index contributed by atoms with van der Waals surface area (Å²) in [6, 6.07) is 16.5. The third-order valence-corrected chi connectivity index (χ3v) is 6.02. The zero-order valence-corrected chi connectivity index (χ0v) is 14.1. The number of hydrogen-bond donors (Lipinski definition) is 0. The van der Waals surface area contributed by atoms with Gasteiger partial charge in [-0.15, -0.1) is 0 Å². The first kappa shape index (κ1) is 15.4. The summed E-state index contributed by atoms with van der Waals surface area (Å²) < 4.78 is 0. The molecule has 0 radical (unpaired) electrons. The number of hydrogen-bond acceptors (Lipinski definition) is 1. The molecule has 1 aliphatic rings. The molecular weight excluding hydrogens is 287 g/mol. The number of rotatable bonds is 4. The van der Waals surface area contributed by atoms with Gasteiger partial charge in [0, 0.05) is 5.56 Å². The summed E-state index contributed by atoms with van der Waals surface area (Å²) in [7, 11) is 0.431. The zero-order chi connectivity index (χ0) is 15.4. The second-order valence-electron chi connectivity index (χ2n) is 6.17. The van der Waals surface area contributed by atoms with Gasteiger partial charge < -0.3 is 0 Å². The molecule has 0 N–H and O–H groups in total. The summed E-state index contributed by atoms with van der Waals surface area (Å²) in [5, 5.41) is 0. The van der Waals surface area contributed by atoms with E-state index in [0.717, 1.165) is 22.3 Å². The maximum absolute atomic E-state index is 12.9. The normalized spacial score (nSPS) is 16.2. The van der Waals surface area contributed by atoms with Crippen molar-refractivity contribution in [2.24, 2.45) is 0 Å². The van der Waals surface area contributed by atoms with Gasteiger partial charge >= 0.3 is 0 Å². The lowest BCUT2D eigenvalue weighted by atomic mass is 9.97. The molecule has 0 heterocycles. The van der Waals surface area contributed by atoms with Gasteiger partial charge in [-0.25, -0.2) is 0 Å². The lowest BCUT2D eigenvalue weighted by Gasteiger charge is -2.21. The third-order valence-electron chi connectivity index (χ3n) is 4.53. The van der Waals surface area contributed by atoms with E-state index in [1.165, 1.54) is 32.1 Å². The quantitative estimate of drug-likeness (QED) is 0.651. The van der Waals surface area contributed by atoms with Gasteiger partial charge in [-0.1, -0.05) is 67.8 Å². The van der Waals surface area contributed by atoms with Gasteiger partial charge in [0.1, 0.15) is 0 Å². The van der Waals surface area contributed by atoms with Gasteiger partial charge in [-0.3, -0.25) is 4.79 Å². The molecule has 1 unspecified atom stereocenters. The van der Waals surface area contributed by atoms with Gasteiger partial charge in [0.25, 0.3) is 0 Å². The van der Waals surface area contributed by atoms with Crippen molar-refractivity contribution in [3.63, 3.8) is 0 Å². The molecule has 1 saturated carbocycles. The minimum absolute atomic E-state index is 0.351. The average molecular weight is 310 g/mol. The highest BCUT2D eigenvalue weighted by molar-refractivity contribution is 7.59. The third kappa shape index (κ3) is 3.47. The molecular formula is C20H23OP. The number of aryl methyl sites for hydroxylation is 1. The SMILES string of the molecule is Cc1cccc(-c2ccccc2)c1C(=O)PC1CCCCC1. The number of carbonyl (C=O) groups excluding carboxylic acids is 1. The van der Waals surface area contributed by atoms with Crippen molar-refractivity contribution < 1.29 is 4.79 Å². The topological polar surface area (TPSA) is 17.1 Å². The van der Waals surface area contributed by atoms with Crippen molar-refractivity contribution >= 4 is 14.1 Å². The lowest BCUT2D eigenvalue weighted by molar-refractivity contribution is 0.108.